The molecule has 0 aliphatic carbocycles. The molecule has 1 aromatic carbocycles. The van der Waals surface area contributed by atoms with Crippen LogP contribution in [0.2, 0.25) is 5.02 Å². The van der Waals surface area contributed by atoms with Crippen molar-refractivity contribution in [3.05, 3.63) is 52.6 Å². The Bertz CT molecular complexity index is 572. The molecule has 3 nitrogen and oxygen atoms in total. The predicted octanol–water partition coefficient (Wildman–Crippen LogP) is 4.01. The number of aromatic nitrogens is 2. The minimum Gasteiger partial charge on any atom is -0.313 e. The number of hydrogen-bond donors (Lipinski definition) is 1. The second kappa shape index (κ2) is 7.07. The predicted molar refractivity (Wildman–Crippen MR) is 85.3 cm³/mol. The van der Waals surface area contributed by atoms with E-state index in [1.165, 1.54) is 4.90 Å². The zero-order valence-electron chi connectivity index (χ0n) is 11.9. The fraction of sp³-hybridized carbons (Fsp3) is 0.333. The minimum atomic E-state index is 0.271. The van der Waals surface area contributed by atoms with Gasteiger partial charge < -0.3 is 5.32 Å². The largest absolute Gasteiger partial charge is 0.313 e. The molecule has 0 bridgehead atoms. The van der Waals surface area contributed by atoms with Gasteiger partial charge in [-0.2, -0.15) is 0 Å². The Hall–Kier alpha value is -1.10. The van der Waals surface area contributed by atoms with Crippen molar-refractivity contribution in [3.8, 4) is 0 Å². The van der Waals surface area contributed by atoms with Crippen LogP contribution in [0.15, 0.2) is 35.4 Å². The van der Waals surface area contributed by atoms with Crippen LogP contribution in [0.4, 0.5) is 0 Å². The lowest BCUT2D eigenvalue weighted by atomic mass is 10.1. The number of benzene rings is 1. The third-order valence-corrected chi connectivity index (χ3v) is 4.41. The normalized spacial score (nSPS) is 12.4. The molecule has 0 spiro atoms. The van der Waals surface area contributed by atoms with Gasteiger partial charge in [-0.1, -0.05) is 11.6 Å². The van der Waals surface area contributed by atoms with Crippen LogP contribution in [-0.2, 0) is 5.75 Å². The van der Waals surface area contributed by atoms with Gasteiger partial charge in [-0.05, 0) is 45.2 Å². The van der Waals surface area contributed by atoms with Crippen molar-refractivity contribution in [1.29, 1.82) is 0 Å². The van der Waals surface area contributed by atoms with Crippen molar-refractivity contribution in [3.63, 3.8) is 0 Å². The highest BCUT2D eigenvalue weighted by Crippen LogP contribution is 2.23. The zero-order chi connectivity index (χ0) is 14.5. The molecule has 20 heavy (non-hydrogen) atoms. The summed E-state index contributed by atoms with van der Waals surface area (Å²) in [5.74, 6) is 1.62. The highest BCUT2D eigenvalue weighted by atomic mass is 35.5. The van der Waals surface area contributed by atoms with E-state index in [1.54, 1.807) is 11.8 Å². The van der Waals surface area contributed by atoms with Gasteiger partial charge in [0.2, 0.25) is 0 Å². The Labute approximate surface area is 129 Å². The second-order valence-electron chi connectivity index (χ2n) is 4.58. The molecule has 0 radical (unpaired) electrons. The van der Waals surface area contributed by atoms with E-state index in [-0.39, 0.29) is 6.04 Å². The molecule has 0 amide bonds. The van der Waals surface area contributed by atoms with Crippen LogP contribution in [-0.4, -0.2) is 17.0 Å². The van der Waals surface area contributed by atoms with Crippen molar-refractivity contribution in [2.45, 2.75) is 30.5 Å². The topological polar surface area (TPSA) is 37.8 Å². The molecule has 0 fully saturated rings. The maximum Gasteiger partial charge on any atom is 0.138 e. The Morgan fingerprint density at radius 3 is 2.60 bits per heavy atom. The first kappa shape index (κ1) is 15.3. The number of hydrogen-bond acceptors (Lipinski definition) is 4. The van der Waals surface area contributed by atoms with Crippen LogP contribution >= 0.6 is 23.4 Å². The lowest BCUT2D eigenvalue weighted by Gasteiger charge is -2.13. The van der Waals surface area contributed by atoms with E-state index in [0.29, 0.717) is 0 Å². The Morgan fingerprint density at radius 2 is 2.00 bits per heavy atom. The summed E-state index contributed by atoms with van der Waals surface area (Å²) in [4.78, 5) is 10.2. The highest BCUT2D eigenvalue weighted by Gasteiger charge is 2.09. The monoisotopic (exact) mass is 307 g/mol. The maximum atomic E-state index is 5.87. The molecule has 2 aromatic rings. The van der Waals surface area contributed by atoms with Gasteiger partial charge in [0.1, 0.15) is 5.82 Å². The van der Waals surface area contributed by atoms with Gasteiger partial charge in [-0.15, -0.1) is 11.8 Å². The summed E-state index contributed by atoms with van der Waals surface area (Å²) in [5.41, 5.74) is 2.18. The number of nitrogens with one attached hydrogen (secondary N) is 1. The van der Waals surface area contributed by atoms with Gasteiger partial charge in [-0.3, -0.25) is 0 Å². The Kier molecular flexibility index (Phi) is 5.40. The summed E-state index contributed by atoms with van der Waals surface area (Å²) < 4.78 is 0. The molecule has 0 saturated carbocycles. The van der Waals surface area contributed by atoms with Gasteiger partial charge in [0.15, 0.2) is 0 Å². The third kappa shape index (κ3) is 3.95. The molecule has 1 N–H and O–H groups in total. The summed E-state index contributed by atoms with van der Waals surface area (Å²) in [5, 5.41) is 3.96. The van der Waals surface area contributed by atoms with Crippen molar-refractivity contribution >= 4 is 23.4 Å². The average molecular weight is 308 g/mol. The van der Waals surface area contributed by atoms with Crippen LogP contribution in [0.5, 0.6) is 0 Å². The molecule has 0 aliphatic rings. The van der Waals surface area contributed by atoms with Crippen LogP contribution in [0.3, 0.4) is 0 Å². The molecular weight excluding hydrogens is 290 g/mol. The van der Waals surface area contributed by atoms with Gasteiger partial charge in [0.05, 0.1) is 5.75 Å². The van der Waals surface area contributed by atoms with Crippen molar-refractivity contribution in [2.24, 2.45) is 0 Å². The number of aryl methyl sites for hydroxylation is 1. The first-order valence-corrected chi connectivity index (χ1v) is 7.84. The van der Waals surface area contributed by atoms with E-state index >= 15 is 0 Å². The van der Waals surface area contributed by atoms with E-state index in [9.17, 15) is 0 Å². The standard InChI is InChI=1S/C15H18ClN3S/c1-10(17-3)14-8-18-15(19-11(14)2)9-20-13-6-4-12(16)5-7-13/h4-8,10,17H,9H2,1-3H3. The molecule has 0 aliphatic heterocycles. The fourth-order valence-electron chi connectivity index (χ4n) is 1.85. The van der Waals surface area contributed by atoms with Crippen LogP contribution in [0.1, 0.15) is 30.0 Å². The van der Waals surface area contributed by atoms with Crippen LogP contribution < -0.4 is 5.32 Å². The lowest BCUT2D eigenvalue weighted by molar-refractivity contribution is 0.639. The average Bonchev–Trinajstić information content (AvgIpc) is 2.46. The molecular formula is C15H18ClN3S. The first-order chi connectivity index (χ1) is 9.60. The highest BCUT2D eigenvalue weighted by molar-refractivity contribution is 7.98. The summed E-state index contributed by atoms with van der Waals surface area (Å²) in [6.07, 6.45) is 1.92. The molecule has 1 unspecified atom stereocenters. The van der Waals surface area contributed by atoms with Crippen molar-refractivity contribution in [1.82, 2.24) is 15.3 Å². The van der Waals surface area contributed by atoms with Gasteiger partial charge in [-0.25, -0.2) is 9.97 Å². The van der Waals surface area contributed by atoms with Crippen molar-refractivity contribution < 1.29 is 0 Å². The maximum absolute atomic E-state index is 5.87. The number of halogens is 1. The molecule has 5 heteroatoms. The van der Waals surface area contributed by atoms with E-state index in [0.717, 1.165) is 27.9 Å². The van der Waals surface area contributed by atoms with E-state index in [1.807, 2.05) is 44.4 Å². The smallest absolute Gasteiger partial charge is 0.138 e. The van der Waals surface area contributed by atoms with Crippen molar-refractivity contribution in [2.75, 3.05) is 7.05 Å². The summed E-state index contributed by atoms with van der Waals surface area (Å²) in [6.45, 7) is 4.13. The number of thioether (sulfide) groups is 1. The quantitative estimate of drug-likeness (QED) is 0.847. The molecule has 1 aromatic heterocycles. The number of rotatable bonds is 5. The van der Waals surface area contributed by atoms with E-state index < -0.39 is 0 Å². The molecule has 106 valence electrons. The molecule has 0 saturated heterocycles. The Morgan fingerprint density at radius 1 is 1.30 bits per heavy atom. The molecule has 1 atom stereocenters. The summed E-state index contributed by atoms with van der Waals surface area (Å²) in [6, 6.07) is 8.09. The lowest BCUT2D eigenvalue weighted by Crippen LogP contribution is -2.15. The van der Waals surface area contributed by atoms with Gasteiger partial charge in [0, 0.05) is 33.4 Å². The summed E-state index contributed by atoms with van der Waals surface area (Å²) >= 11 is 7.58. The minimum absolute atomic E-state index is 0.271. The fourth-order valence-corrected chi connectivity index (χ4v) is 2.74. The molecule has 2 rings (SSSR count). The van der Waals surface area contributed by atoms with E-state index in [2.05, 4.69) is 22.2 Å². The zero-order valence-corrected chi connectivity index (χ0v) is 13.4. The molecule has 1 heterocycles. The number of nitrogens with zero attached hydrogens (tertiary/aromatic N) is 2. The Balaban J connectivity index is 2.03. The van der Waals surface area contributed by atoms with Crippen LogP contribution in [0, 0.1) is 6.92 Å². The summed E-state index contributed by atoms with van der Waals surface area (Å²) in [7, 11) is 1.94. The first-order valence-electron chi connectivity index (χ1n) is 6.48. The van der Waals surface area contributed by atoms with Crippen LogP contribution in [0.25, 0.3) is 0 Å². The second-order valence-corrected chi connectivity index (χ2v) is 6.07. The SMILES string of the molecule is CNC(C)c1cnc(CSc2ccc(Cl)cc2)nc1C. The van der Waals surface area contributed by atoms with Gasteiger partial charge >= 0.3 is 0 Å². The van der Waals surface area contributed by atoms with E-state index in [4.69, 9.17) is 11.6 Å². The third-order valence-electron chi connectivity index (χ3n) is 3.15. The van der Waals surface area contributed by atoms with Gasteiger partial charge in [0.25, 0.3) is 0 Å².